The Balaban J connectivity index is 1.76. The van der Waals surface area contributed by atoms with Crippen LogP contribution in [0.4, 0.5) is 4.79 Å². The van der Waals surface area contributed by atoms with Crippen LogP contribution in [-0.2, 0) is 4.74 Å². The topological polar surface area (TPSA) is 129 Å². The number of benzene rings is 1. The third kappa shape index (κ3) is 4.72. The first-order valence-electron chi connectivity index (χ1n) is 8.92. The number of para-hydroxylation sites is 1. The second-order valence-corrected chi connectivity index (χ2v) is 7.33. The van der Waals surface area contributed by atoms with E-state index in [1.54, 1.807) is 52.0 Å². The van der Waals surface area contributed by atoms with Crippen LogP contribution in [0.25, 0.3) is 11.0 Å². The maximum Gasteiger partial charge on any atom is 0.408 e. The summed E-state index contributed by atoms with van der Waals surface area (Å²) in [5.41, 5.74) is 0.538. The summed E-state index contributed by atoms with van der Waals surface area (Å²) in [7, 11) is 0. The van der Waals surface area contributed by atoms with Crippen LogP contribution in [0.3, 0.4) is 0 Å². The zero-order valence-corrected chi connectivity index (χ0v) is 16.5. The van der Waals surface area contributed by atoms with Gasteiger partial charge in [-0.1, -0.05) is 17.0 Å². The van der Waals surface area contributed by atoms with E-state index in [1.165, 1.54) is 6.07 Å². The van der Waals surface area contributed by atoms with Crippen LogP contribution < -0.4 is 10.2 Å². The molecule has 0 radical (unpaired) electrons. The van der Waals surface area contributed by atoms with Crippen LogP contribution in [-0.4, -0.2) is 44.5 Å². The number of aliphatic hydroxyl groups excluding tert-OH is 1. The number of furan rings is 1. The van der Waals surface area contributed by atoms with Crippen LogP contribution >= 0.6 is 0 Å². The van der Waals surface area contributed by atoms with Gasteiger partial charge in [-0.25, -0.2) is 9.59 Å². The van der Waals surface area contributed by atoms with E-state index in [-0.39, 0.29) is 17.1 Å². The van der Waals surface area contributed by atoms with Gasteiger partial charge in [-0.05, 0) is 51.1 Å². The van der Waals surface area contributed by atoms with E-state index < -0.39 is 30.3 Å². The minimum Gasteiger partial charge on any atom is -0.463 e. The van der Waals surface area contributed by atoms with E-state index in [0.717, 1.165) is 4.85 Å². The molecule has 1 aromatic carbocycles. The summed E-state index contributed by atoms with van der Waals surface area (Å²) in [6.07, 6.45) is -0.719. The smallest absolute Gasteiger partial charge is 0.408 e. The first kappa shape index (κ1) is 20.3. The molecule has 0 spiro atoms. The molecule has 154 valence electrons. The molecule has 10 nitrogen and oxygen atoms in total. The minimum atomic E-state index is -0.891. The molecule has 3 aromatic rings. The molecule has 0 bridgehead atoms. The van der Waals surface area contributed by atoms with Gasteiger partial charge in [-0.2, -0.15) is 0 Å². The largest absolute Gasteiger partial charge is 0.463 e. The minimum absolute atomic E-state index is 0.129. The highest BCUT2D eigenvalue weighted by atomic mass is 16.7. The van der Waals surface area contributed by atoms with Gasteiger partial charge in [0.25, 0.3) is 0 Å². The molecule has 0 aliphatic carbocycles. The molecule has 10 heteroatoms. The Bertz CT molecular complexity index is 1030. The average molecular weight is 402 g/mol. The van der Waals surface area contributed by atoms with Crippen molar-refractivity contribution in [2.75, 3.05) is 6.61 Å². The van der Waals surface area contributed by atoms with E-state index in [9.17, 15) is 14.7 Å². The molecule has 2 heterocycles. The number of amides is 1. The van der Waals surface area contributed by atoms with Gasteiger partial charge in [0.15, 0.2) is 0 Å². The van der Waals surface area contributed by atoms with E-state index >= 15 is 0 Å². The lowest BCUT2D eigenvalue weighted by atomic mass is 10.2. The summed E-state index contributed by atoms with van der Waals surface area (Å²) in [5.74, 6) is -0.271. The third-order valence-corrected chi connectivity index (χ3v) is 3.86. The van der Waals surface area contributed by atoms with Crippen molar-refractivity contribution in [3.63, 3.8) is 0 Å². The number of nitrogens with zero attached hydrogens (tertiary/aromatic N) is 3. The van der Waals surface area contributed by atoms with Gasteiger partial charge in [0, 0.05) is 0 Å². The van der Waals surface area contributed by atoms with Crippen LogP contribution in [0, 0.1) is 6.92 Å². The zero-order chi connectivity index (χ0) is 21.2. The Morgan fingerprint density at radius 3 is 2.72 bits per heavy atom. The van der Waals surface area contributed by atoms with E-state index in [1.807, 2.05) is 0 Å². The molecule has 0 aliphatic rings. The molecular weight excluding hydrogens is 380 g/mol. The lowest BCUT2D eigenvalue weighted by molar-refractivity contribution is 0.0405. The number of rotatable bonds is 5. The number of fused-ring (bicyclic) bond motifs is 1. The van der Waals surface area contributed by atoms with Crippen molar-refractivity contribution in [2.24, 2.45) is 0 Å². The number of aliphatic hydroxyl groups is 1. The standard InChI is InChI=1S/C19H22N4O6/c1-11-12(17(25)29-23-15-8-6-5-7-13(15)21-22-23)9-16(27-11)14(10-24)20-18(26)28-19(2,3)4/h5-9,14,24H,10H2,1-4H3,(H,20,26)/t14-/m1/s1. The highest BCUT2D eigenvalue weighted by molar-refractivity contribution is 5.91. The lowest BCUT2D eigenvalue weighted by Crippen LogP contribution is -2.36. The van der Waals surface area contributed by atoms with Gasteiger partial charge in [-0.15, -0.1) is 5.10 Å². The Morgan fingerprint density at radius 2 is 2.03 bits per heavy atom. The molecule has 1 amide bonds. The van der Waals surface area contributed by atoms with E-state index in [4.69, 9.17) is 14.0 Å². The second-order valence-electron chi connectivity index (χ2n) is 7.33. The Kier molecular flexibility index (Phi) is 5.55. The first-order valence-corrected chi connectivity index (χ1v) is 8.92. The monoisotopic (exact) mass is 402 g/mol. The predicted molar refractivity (Wildman–Crippen MR) is 101 cm³/mol. The number of hydrogen-bond acceptors (Lipinski definition) is 8. The van der Waals surface area contributed by atoms with Crippen molar-refractivity contribution in [2.45, 2.75) is 39.3 Å². The van der Waals surface area contributed by atoms with Crippen molar-refractivity contribution >= 4 is 23.1 Å². The molecule has 0 saturated heterocycles. The Labute approximate surface area is 166 Å². The van der Waals surface area contributed by atoms with Crippen LogP contribution in [0.5, 0.6) is 0 Å². The number of hydrogen-bond donors (Lipinski definition) is 2. The molecule has 29 heavy (non-hydrogen) atoms. The predicted octanol–water partition coefficient (Wildman–Crippen LogP) is 2.16. The molecule has 0 aliphatic heterocycles. The number of aromatic nitrogens is 3. The molecule has 0 saturated carbocycles. The summed E-state index contributed by atoms with van der Waals surface area (Å²) >= 11 is 0. The van der Waals surface area contributed by atoms with E-state index in [2.05, 4.69) is 15.6 Å². The quantitative estimate of drug-likeness (QED) is 0.621. The molecule has 0 fully saturated rings. The van der Waals surface area contributed by atoms with Crippen molar-refractivity contribution in [3.8, 4) is 0 Å². The van der Waals surface area contributed by atoms with Gasteiger partial charge < -0.3 is 24.4 Å². The van der Waals surface area contributed by atoms with Crippen LogP contribution in [0.15, 0.2) is 34.7 Å². The summed E-state index contributed by atoms with van der Waals surface area (Å²) in [6, 6.07) is 7.52. The Hall–Kier alpha value is -3.40. The molecular formula is C19H22N4O6. The number of carbonyl (C=O) groups is 2. The molecule has 2 aromatic heterocycles. The van der Waals surface area contributed by atoms with Crippen molar-refractivity contribution in [1.82, 2.24) is 20.5 Å². The maximum absolute atomic E-state index is 12.6. The molecule has 3 rings (SSSR count). The van der Waals surface area contributed by atoms with Gasteiger partial charge in [0.1, 0.15) is 39.8 Å². The zero-order valence-electron chi connectivity index (χ0n) is 16.5. The van der Waals surface area contributed by atoms with Crippen molar-refractivity contribution in [3.05, 3.63) is 47.4 Å². The Morgan fingerprint density at radius 1 is 1.31 bits per heavy atom. The molecule has 2 N–H and O–H groups in total. The van der Waals surface area contributed by atoms with E-state index in [0.29, 0.717) is 11.0 Å². The highest BCUT2D eigenvalue weighted by Gasteiger charge is 2.26. The first-order chi connectivity index (χ1) is 13.7. The number of aryl methyl sites for hydroxylation is 1. The number of ether oxygens (including phenoxy) is 1. The van der Waals surface area contributed by atoms with Gasteiger partial charge in [0.05, 0.1) is 6.61 Å². The normalized spacial score (nSPS) is 12.6. The fourth-order valence-electron chi connectivity index (χ4n) is 2.58. The van der Waals surface area contributed by atoms with Gasteiger partial charge >= 0.3 is 12.1 Å². The molecule has 1 atom stereocenters. The fraction of sp³-hybridized carbons (Fsp3) is 0.368. The van der Waals surface area contributed by atoms with Crippen LogP contribution in [0.2, 0.25) is 0 Å². The summed E-state index contributed by atoms with van der Waals surface area (Å²) in [4.78, 5) is 30.8. The second kappa shape index (κ2) is 7.92. The summed E-state index contributed by atoms with van der Waals surface area (Å²) < 4.78 is 10.7. The summed E-state index contributed by atoms with van der Waals surface area (Å²) in [5, 5.41) is 19.8. The van der Waals surface area contributed by atoms with Crippen molar-refractivity contribution in [1.29, 1.82) is 0 Å². The number of carbonyl (C=O) groups excluding carboxylic acids is 2. The van der Waals surface area contributed by atoms with Gasteiger partial charge in [-0.3, -0.25) is 0 Å². The third-order valence-electron chi connectivity index (χ3n) is 3.86. The SMILES string of the molecule is Cc1oc([C@@H](CO)NC(=O)OC(C)(C)C)cc1C(=O)On1nnc2ccccc21. The fourth-order valence-corrected chi connectivity index (χ4v) is 2.58. The lowest BCUT2D eigenvalue weighted by Gasteiger charge is -2.21. The van der Waals surface area contributed by atoms with Gasteiger partial charge in [0.2, 0.25) is 0 Å². The van der Waals surface area contributed by atoms with Crippen LogP contribution in [0.1, 0.15) is 48.7 Å². The molecule has 0 unspecified atom stereocenters. The number of nitrogens with one attached hydrogen (secondary N) is 1. The van der Waals surface area contributed by atoms with Crippen molar-refractivity contribution < 1.29 is 28.7 Å². The average Bonchev–Trinajstić information content (AvgIpc) is 3.22. The maximum atomic E-state index is 12.6. The summed E-state index contributed by atoms with van der Waals surface area (Å²) in [6.45, 7) is 6.29. The highest BCUT2D eigenvalue weighted by Crippen LogP contribution is 2.22. The number of alkyl carbamates (subject to hydrolysis) is 1.